The topological polar surface area (TPSA) is 186 Å². The van der Waals surface area contributed by atoms with Gasteiger partial charge < -0.3 is 9.26 Å². The third kappa shape index (κ3) is 5.94. The highest BCUT2D eigenvalue weighted by atomic mass is 31.2. The molecule has 0 aliphatic carbocycles. The normalized spacial score (nSPS) is 21.0. The second-order valence-electron chi connectivity index (χ2n) is 7.54. The molecule has 0 aromatic carbocycles. The number of aromatic amines is 1. The summed E-state index contributed by atoms with van der Waals surface area (Å²) in [6.45, 7) is 1.24. The molecule has 1 aliphatic rings. The molecule has 182 valence electrons. The molecule has 0 spiro atoms. The van der Waals surface area contributed by atoms with E-state index in [0.717, 1.165) is 0 Å². The van der Waals surface area contributed by atoms with Crippen molar-refractivity contribution in [2.24, 2.45) is 5.11 Å². The summed E-state index contributed by atoms with van der Waals surface area (Å²) in [5, 5.41) is 6.44. The number of hydrogen-bond donors (Lipinski definition) is 2. The highest BCUT2D eigenvalue weighted by Crippen LogP contribution is 2.48. The molecule has 4 heterocycles. The fourth-order valence-corrected chi connectivity index (χ4v) is 4.74. The van der Waals surface area contributed by atoms with Crippen molar-refractivity contribution in [3.63, 3.8) is 0 Å². The molecule has 3 aromatic heterocycles. The molecule has 1 unspecified atom stereocenters. The predicted octanol–water partition coefficient (Wildman–Crippen LogP) is 2.92. The molecule has 1 fully saturated rings. The van der Waals surface area contributed by atoms with E-state index in [1.165, 1.54) is 29.4 Å². The van der Waals surface area contributed by atoms with Crippen LogP contribution in [0.5, 0.6) is 5.75 Å². The lowest BCUT2D eigenvalue weighted by Crippen LogP contribution is -2.33. The zero-order valence-corrected chi connectivity index (χ0v) is 19.3. The number of azide groups is 1. The van der Waals surface area contributed by atoms with E-state index < -0.39 is 37.4 Å². The molecule has 4 rings (SSSR count). The van der Waals surface area contributed by atoms with Crippen LogP contribution in [0.15, 0.2) is 70.0 Å². The van der Waals surface area contributed by atoms with Crippen molar-refractivity contribution in [2.45, 2.75) is 31.7 Å². The number of aryl methyl sites for hydroxylation is 1. The minimum absolute atomic E-state index is 0.132. The van der Waals surface area contributed by atoms with E-state index in [0.29, 0.717) is 11.3 Å². The van der Waals surface area contributed by atoms with Gasteiger partial charge in [0.25, 0.3) is 5.56 Å². The number of rotatable bonds is 9. The van der Waals surface area contributed by atoms with Gasteiger partial charge in [-0.2, -0.15) is 0 Å². The number of aromatic nitrogens is 4. The van der Waals surface area contributed by atoms with Crippen LogP contribution in [0, 0.1) is 6.92 Å². The van der Waals surface area contributed by atoms with Crippen LogP contribution in [0.1, 0.15) is 18.2 Å². The van der Waals surface area contributed by atoms with E-state index >= 15 is 0 Å². The fourth-order valence-electron chi connectivity index (χ4n) is 3.40. The van der Waals surface area contributed by atoms with Crippen LogP contribution in [0.4, 0.5) is 5.69 Å². The predicted molar refractivity (Wildman–Crippen MR) is 124 cm³/mol. The van der Waals surface area contributed by atoms with E-state index in [2.05, 4.69) is 30.1 Å². The Labute approximate surface area is 198 Å². The molecule has 0 radical (unpaired) electrons. The summed E-state index contributed by atoms with van der Waals surface area (Å²) in [4.78, 5) is 36.9. The van der Waals surface area contributed by atoms with Gasteiger partial charge in [0.1, 0.15) is 12.0 Å². The van der Waals surface area contributed by atoms with E-state index in [4.69, 9.17) is 19.3 Å². The van der Waals surface area contributed by atoms with Crippen LogP contribution in [-0.4, -0.2) is 38.3 Å². The van der Waals surface area contributed by atoms with Crippen molar-refractivity contribution in [2.75, 3.05) is 11.7 Å². The van der Waals surface area contributed by atoms with Crippen molar-refractivity contribution >= 4 is 13.4 Å². The van der Waals surface area contributed by atoms with Gasteiger partial charge in [0.2, 0.25) is 0 Å². The maximum Gasteiger partial charge on any atom is 0.486 e. The summed E-state index contributed by atoms with van der Waals surface area (Å²) in [6, 6.07) is 5.70. The van der Waals surface area contributed by atoms with Gasteiger partial charge in [-0.15, -0.1) is 0 Å². The lowest BCUT2D eigenvalue weighted by atomic mass is 10.1. The molecule has 35 heavy (non-hydrogen) atoms. The van der Waals surface area contributed by atoms with Crippen LogP contribution in [-0.2, 0) is 13.8 Å². The van der Waals surface area contributed by atoms with Crippen molar-refractivity contribution in [1.82, 2.24) is 19.5 Å². The molecule has 0 bridgehead atoms. The summed E-state index contributed by atoms with van der Waals surface area (Å²) in [7, 11) is -4.04. The first-order chi connectivity index (χ1) is 16.9. The SMILES string of the molecule is Cc1cn([C@H]2C[C@H](N=[N+]=[N-])[C@@H](COP(=O)(Nc3cccnc3)Oc3cccnc3)O2)c(=O)[nH]c1=O. The van der Waals surface area contributed by atoms with Gasteiger partial charge in [0, 0.05) is 35.5 Å². The van der Waals surface area contributed by atoms with Gasteiger partial charge in [-0.25, -0.2) is 9.36 Å². The zero-order chi connectivity index (χ0) is 24.8. The summed E-state index contributed by atoms with van der Waals surface area (Å²) in [6.07, 6.45) is 5.69. The van der Waals surface area contributed by atoms with E-state index in [9.17, 15) is 14.2 Å². The molecular formula is C20H21N8O6P. The molecule has 4 atom stereocenters. The Bertz CT molecular complexity index is 1330. The summed E-state index contributed by atoms with van der Waals surface area (Å²) >= 11 is 0. The van der Waals surface area contributed by atoms with Gasteiger partial charge in [0.15, 0.2) is 0 Å². The van der Waals surface area contributed by atoms with Crippen LogP contribution in [0.3, 0.4) is 0 Å². The number of ether oxygens (including phenoxy) is 1. The molecule has 1 aliphatic heterocycles. The van der Waals surface area contributed by atoms with Crippen molar-refractivity contribution < 1.29 is 18.3 Å². The van der Waals surface area contributed by atoms with Crippen LogP contribution < -0.4 is 20.9 Å². The first-order valence-electron chi connectivity index (χ1n) is 10.4. The van der Waals surface area contributed by atoms with E-state index in [1.807, 2.05) is 0 Å². The molecule has 14 nitrogen and oxygen atoms in total. The molecule has 3 aromatic rings. The fraction of sp³-hybridized carbons (Fsp3) is 0.300. The lowest BCUT2D eigenvalue weighted by molar-refractivity contribution is -0.0234. The third-order valence-electron chi connectivity index (χ3n) is 5.06. The monoisotopic (exact) mass is 500 g/mol. The Kier molecular flexibility index (Phi) is 7.28. The molecule has 2 N–H and O–H groups in total. The van der Waals surface area contributed by atoms with Crippen LogP contribution >= 0.6 is 7.75 Å². The maximum absolute atomic E-state index is 13.6. The minimum Gasteiger partial charge on any atom is -0.407 e. The lowest BCUT2D eigenvalue weighted by Gasteiger charge is -2.23. The zero-order valence-electron chi connectivity index (χ0n) is 18.4. The van der Waals surface area contributed by atoms with E-state index in [1.54, 1.807) is 37.4 Å². The number of nitrogens with zero attached hydrogens (tertiary/aromatic N) is 6. The summed E-state index contributed by atoms with van der Waals surface area (Å²) < 4.78 is 32.0. The number of nitrogens with one attached hydrogen (secondary N) is 2. The highest BCUT2D eigenvalue weighted by molar-refractivity contribution is 7.55. The van der Waals surface area contributed by atoms with Gasteiger partial charge in [-0.1, -0.05) is 5.11 Å². The average Bonchev–Trinajstić information content (AvgIpc) is 3.24. The average molecular weight is 500 g/mol. The van der Waals surface area contributed by atoms with Crippen LogP contribution in [0.2, 0.25) is 0 Å². The van der Waals surface area contributed by atoms with Gasteiger partial charge in [-0.05, 0) is 36.7 Å². The standard InChI is InChI=1S/C20H21N8O6P/c1-13-11-28(20(30)24-19(13)29)18-8-16(25-27-21)17(33-18)12-32-35(31,26-14-4-2-6-22-9-14)34-15-5-3-7-23-10-15/h2-7,9-11,16-18H,8,12H2,1H3,(H,26,31)(H,24,29,30)/t16-,17+,18+,35?/m0/s1. The largest absolute Gasteiger partial charge is 0.486 e. The van der Waals surface area contributed by atoms with E-state index in [-0.39, 0.29) is 18.8 Å². The van der Waals surface area contributed by atoms with Gasteiger partial charge in [0.05, 0.1) is 36.8 Å². The highest BCUT2D eigenvalue weighted by Gasteiger charge is 2.39. The Hall–Kier alpha value is -3.96. The Morgan fingerprint density at radius 1 is 1.31 bits per heavy atom. The molecule has 15 heteroatoms. The number of H-pyrrole nitrogens is 1. The minimum atomic E-state index is -4.04. The molecular weight excluding hydrogens is 479 g/mol. The quantitative estimate of drug-likeness (QED) is 0.193. The maximum atomic E-state index is 13.6. The Morgan fingerprint density at radius 2 is 2.09 bits per heavy atom. The molecule has 0 saturated carbocycles. The Morgan fingerprint density at radius 3 is 2.77 bits per heavy atom. The van der Waals surface area contributed by atoms with Gasteiger partial charge in [-0.3, -0.25) is 33.9 Å². The molecule has 1 saturated heterocycles. The van der Waals surface area contributed by atoms with Crippen molar-refractivity contribution in [3.05, 3.63) is 92.1 Å². The number of pyridine rings is 2. The first-order valence-corrected chi connectivity index (χ1v) is 12.0. The summed E-state index contributed by atoms with van der Waals surface area (Å²) in [5.41, 5.74) is 8.50. The van der Waals surface area contributed by atoms with Gasteiger partial charge >= 0.3 is 13.4 Å². The third-order valence-corrected chi connectivity index (χ3v) is 6.53. The number of hydrogen-bond acceptors (Lipinski definition) is 9. The second kappa shape index (κ2) is 10.5. The second-order valence-corrected chi connectivity index (χ2v) is 9.20. The van der Waals surface area contributed by atoms with Crippen molar-refractivity contribution in [3.8, 4) is 5.75 Å². The smallest absolute Gasteiger partial charge is 0.407 e. The summed E-state index contributed by atoms with van der Waals surface area (Å²) in [5.74, 6) is 0.194. The molecule has 0 amide bonds. The Balaban J connectivity index is 1.55. The first kappa shape index (κ1) is 24.2. The number of anilines is 1. The van der Waals surface area contributed by atoms with Crippen molar-refractivity contribution in [1.29, 1.82) is 0 Å². The van der Waals surface area contributed by atoms with Crippen LogP contribution in [0.25, 0.3) is 10.4 Å².